The third kappa shape index (κ3) is 3.80. The quantitative estimate of drug-likeness (QED) is 0.693. The number of nitrogens with one attached hydrogen (secondary N) is 1. The van der Waals surface area contributed by atoms with Crippen LogP contribution in [0.5, 0.6) is 0 Å². The van der Waals surface area contributed by atoms with Gasteiger partial charge in [0.15, 0.2) is 0 Å². The van der Waals surface area contributed by atoms with Gasteiger partial charge < -0.3 is 9.64 Å². The van der Waals surface area contributed by atoms with E-state index in [0.717, 1.165) is 42.6 Å². The topological polar surface area (TPSA) is 62.6 Å². The molecular formula is C15H19N5OS. The minimum Gasteiger partial charge on any atom is -0.378 e. The summed E-state index contributed by atoms with van der Waals surface area (Å²) >= 11 is 1.72. The molecule has 1 saturated heterocycles. The van der Waals surface area contributed by atoms with Crippen LogP contribution in [0.1, 0.15) is 16.3 Å². The van der Waals surface area contributed by atoms with Gasteiger partial charge in [-0.15, -0.1) is 11.3 Å². The van der Waals surface area contributed by atoms with E-state index in [2.05, 4.69) is 37.5 Å². The highest BCUT2D eigenvalue weighted by Gasteiger charge is 2.12. The van der Waals surface area contributed by atoms with E-state index in [4.69, 9.17) is 4.74 Å². The molecule has 116 valence electrons. The first-order valence-electron chi connectivity index (χ1n) is 7.24. The number of hydrogen-bond acceptors (Lipinski definition) is 7. The van der Waals surface area contributed by atoms with E-state index in [1.54, 1.807) is 17.6 Å². The summed E-state index contributed by atoms with van der Waals surface area (Å²) in [6, 6.07) is 6.14. The van der Waals surface area contributed by atoms with Gasteiger partial charge in [0.2, 0.25) is 5.95 Å². The molecule has 1 aliphatic heterocycles. The Kier molecular flexibility index (Phi) is 4.65. The predicted octanol–water partition coefficient (Wildman–Crippen LogP) is 2.44. The van der Waals surface area contributed by atoms with Crippen molar-refractivity contribution in [3.8, 4) is 0 Å². The van der Waals surface area contributed by atoms with Crippen LogP contribution in [0.4, 0.5) is 10.9 Å². The Balaban J connectivity index is 1.61. The van der Waals surface area contributed by atoms with Gasteiger partial charge in [-0.25, -0.2) is 15.4 Å². The largest absolute Gasteiger partial charge is 0.378 e. The first-order chi connectivity index (χ1) is 10.7. The van der Waals surface area contributed by atoms with Crippen molar-refractivity contribution in [3.63, 3.8) is 0 Å². The van der Waals surface area contributed by atoms with Gasteiger partial charge in [-0.3, -0.25) is 0 Å². The number of hydrazone groups is 1. The highest BCUT2D eigenvalue weighted by molar-refractivity contribution is 7.17. The zero-order valence-electron chi connectivity index (χ0n) is 12.7. The summed E-state index contributed by atoms with van der Waals surface area (Å²) in [5.74, 6) is 0.527. The molecule has 2 aromatic heterocycles. The number of thiophene rings is 1. The highest BCUT2D eigenvalue weighted by atomic mass is 32.1. The predicted molar refractivity (Wildman–Crippen MR) is 90.1 cm³/mol. The van der Waals surface area contributed by atoms with Crippen molar-refractivity contribution in [3.05, 3.63) is 34.5 Å². The summed E-state index contributed by atoms with van der Waals surface area (Å²) in [5.41, 5.74) is 4.74. The van der Waals surface area contributed by atoms with Crippen LogP contribution in [-0.4, -0.2) is 42.5 Å². The average Bonchev–Trinajstić information content (AvgIpc) is 2.96. The summed E-state index contributed by atoms with van der Waals surface area (Å²) in [4.78, 5) is 12.0. The van der Waals surface area contributed by atoms with Crippen LogP contribution in [0.25, 0.3) is 0 Å². The van der Waals surface area contributed by atoms with Crippen LogP contribution >= 0.6 is 11.3 Å². The van der Waals surface area contributed by atoms with E-state index in [-0.39, 0.29) is 0 Å². The molecule has 0 spiro atoms. The number of morpholine rings is 1. The average molecular weight is 317 g/mol. The van der Waals surface area contributed by atoms with E-state index >= 15 is 0 Å². The Morgan fingerprint density at radius 1 is 1.23 bits per heavy atom. The van der Waals surface area contributed by atoms with Gasteiger partial charge in [-0.1, -0.05) is 0 Å². The molecule has 0 unspecified atom stereocenters. The first-order valence-corrected chi connectivity index (χ1v) is 8.06. The molecule has 0 aliphatic carbocycles. The molecule has 3 heterocycles. The summed E-state index contributed by atoms with van der Waals surface area (Å²) < 4.78 is 5.37. The molecule has 0 aromatic carbocycles. The second-order valence-corrected chi connectivity index (χ2v) is 6.21. The molecule has 1 fully saturated rings. The first kappa shape index (κ1) is 14.9. The third-order valence-electron chi connectivity index (χ3n) is 3.27. The molecule has 22 heavy (non-hydrogen) atoms. The minimum absolute atomic E-state index is 0.527. The molecular weight excluding hydrogens is 298 g/mol. The fraction of sp³-hybridized carbons (Fsp3) is 0.400. The SMILES string of the molecule is Cc1cc(C)nc(N/N=C/c2ccc(N3CCOCC3)s2)n1. The van der Waals surface area contributed by atoms with Crippen LogP contribution in [0.3, 0.4) is 0 Å². The normalized spacial score (nSPS) is 15.5. The number of ether oxygens (including phenoxy) is 1. The zero-order valence-corrected chi connectivity index (χ0v) is 13.6. The molecule has 0 atom stereocenters. The van der Waals surface area contributed by atoms with E-state index < -0.39 is 0 Å². The van der Waals surface area contributed by atoms with Crippen molar-refractivity contribution in [1.82, 2.24) is 9.97 Å². The van der Waals surface area contributed by atoms with Crippen LogP contribution in [0, 0.1) is 13.8 Å². The van der Waals surface area contributed by atoms with Crippen molar-refractivity contribution >= 4 is 28.5 Å². The Morgan fingerprint density at radius 2 is 1.95 bits per heavy atom. The molecule has 1 N–H and O–H groups in total. The molecule has 0 saturated carbocycles. The molecule has 3 rings (SSSR count). The van der Waals surface area contributed by atoms with Gasteiger partial charge in [0.1, 0.15) is 0 Å². The minimum atomic E-state index is 0.527. The Hall–Kier alpha value is -1.99. The van der Waals surface area contributed by atoms with Crippen molar-refractivity contribution < 1.29 is 4.74 Å². The lowest BCUT2D eigenvalue weighted by molar-refractivity contribution is 0.123. The summed E-state index contributed by atoms with van der Waals surface area (Å²) in [5, 5.41) is 5.48. The van der Waals surface area contributed by atoms with Crippen molar-refractivity contribution in [1.29, 1.82) is 0 Å². The highest BCUT2D eigenvalue weighted by Crippen LogP contribution is 2.25. The van der Waals surface area contributed by atoms with Gasteiger partial charge in [-0.05, 0) is 32.0 Å². The standard InChI is InChI=1S/C15H19N5OS/c1-11-9-12(2)18-15(17-11)19-16-10-13-3-4-14(22-13)20-5-7-21-8-6-20/h3-4,9-10H,5-8H2,1-2H3,(H,17,18,19)/b16-10+. The Labute approximate surface area is 133 Å². The number of anilines is 2. The van der Waals surface area contributed by atoms with Gasteiger partial charge in [-0.2, -0.15) is 5.10 Å². The lowest BCUT2D eigenvalue weighted by Crippen LogP contribution is -2.35. The maximum absolute atomic E-state index is 5.37. The second kappa shape index (κ2) is 6.85. The zero-order chi connectivity index (χ0) is 15.4. The van der Waals surface area contributed by atoms with Gasteiger partial charge in [0, 0.05) is 29.4 Å². The van der Waals surface area contributed by atoms with Crippen LogP contribution in [-0.2, 0) is 4.74 Å². The lowest BCUT2D eigenvalue weighted by atomic mass is 10.4. The number of aryl methyl sites for hydroxylation is 2. The third-order valence-corrected chi connectivity index (χ3v) is 4.35. The van der Waals surface area contributed by atoms with Crippen LogP contribution in [0.2, 0.25) is 0 Å². The van der Waals surface area contributed by atoms with E-state index in [1.165, 1.54) is 5.00 Å². The summed E-state index contributed by atoms with van der Waals surface area (Å²) in [6.45, 7) is 7.38. The molecule has 6 nitrogen and oxygen atoms in total. The molecule has 2 aromatic rings. The van der Waals surface area contributed by atoms with Gasteiger partial charge >= 0.3 is 0 Å². The van der Waals surface area contributed by atoms with Crippen LogP contribution in [0.15, 0.2) is 23.3 Å². The van der Waals surface area contributed by atoms with E-state index in [0.29, 0.717) is 5.95 Å². The molecule has 1 aliphatic rings. The molecule has 0 radical (unpaired) electrons. The maximum atomic E-state index is 5.37. The van der Waals surface area contributed by atoms with Gasteiger partial charge in [0.25, 0.3) is 0 Å². The fourth-order valence-electron chi connectivity index (χ4n) is 2.29. The summed E-state index contributed by atoms with van der Waals surface area (Å²) in [6.07, 6.45) is 1.80. The molecule has 0 bridgehead atoms. The van der Waals surface area contributed by atoms with E-state index in [9.17, 15) is 0 Å². The van der Waals surface area contributed by atoms with Crippen molar-refractivity contribution in [2.75, 3.05) is 36.6 Å². The van der Waals surface area contributed by atoms with E-state index in [1.807, 2.05) is 19.9 Å². The Bertz CT molecular complexity index is 643. The fourth-order valence-corrected chi connectivity index (χ4v) is 3.23. The van der Waals surface area contributed by atoms with Gasteiger partial charge in [0.05, 0.1) is 24.4 Å². The number of rotatable bonds is 4. The second-order valence-electron chi connectivity index (χ2n) is 5.12. The number of aromatic nitrogens is 2. The lowest BCUT2D eigenvalue weighted by Gasteiger charge is -2.27. The molecule has 7 heteroatoms. The van der Waals surface area contributed by atoms with Crippen molar-refractivity contribution in [2.24, 2.45) is 5.10 Å². The van der Waals surface area contributed by atoms with Crippen molar-refractivity contribution in [2.45, 2.75) is 13.8 Å². The molecule has 0 amide bonds. The number of nitrogens with zero attached hydrogens (tertiary/aromatic N) is 4. The monoisotopic (exact) mass is 317 g/mol. The smallest absolute Gasteiger partial charge is 0.243 e. The number of hydrogen-bond donors (Lipinski definition) is 1. The van der Waals surface area contributed by atoms with Crippen LogP contribution < -0.4 is 10.3 Å². The summed E-state index contributed by atoms with van der Waals surface area (Å²) in [7, 11) is 0. The maximum Gasteiger partial charge on any atom is 0.243 e. The Morgan fingerprint density at radius 3 is 2.68 bits per heavy atom.